The third-order valence-corrected chi connectivity index (χ3v) is 10.4. The van der Waals surface area contributed by atoms with Gasteiger partial charge in [-0.3, -0.25) is 14.5 Å². The summed E-state index contributed by atoms with van der Waals surface area (Å²) in [5.74, 6) is 0.0562. The Kier molecular flexibility index (Phi) is 11.5. The number of benzene rings is 1. The Balaban J connectivity index is 1.14. The number of hydrogen-bond acceptors (Lipinski definition) is 9. The van der Waals surface area contributed by atoms with Crippen molar-refractivity contribution in [3.63, 3.8) is 0 Å². The Bertz CT molecular complexity index is 2030. The third-order valence-electron chi connectivity index (χ3n) is 10.4. The SMILES string of the molecule is COC(=O)NC(C(=O)N1CCCC1c1ncc(-c2cnc(-c3ccc(-c4cnc([C@@H]5CCCN5C(=O)[C@H](C(C)C)N(C)C(=O)O)[nH]4)c(F)c3)nc2)[nH]1)C(C)C. The molecule has 2 unspecified atom stereocenters. The van der Waals surface area contributed by atoms with Gasteiger partial charge in [0.2, 0.25) is 11.8 Å². The second kappa shape index (κ2) is 16.2. The number of nitrogens with one attached hydrogen (secondary N) is 3. The molecular weight excluding hydrogens is 711 g/mol. The van der Waals surface area contributed by atoms with E-state index in [2.05, 4.69) is 35.2 Å². The van der Waals surface area contributed by atoms with Crippen LogP contribution in [-0.4, -0.2) is 113 Å². The van der Waals surface area contributed by atoms with Crippen LogP contribution in [0, 0.1) is 17.7 Å². The summed E-state index contributed by atoms with van der Waals surface area (Å²) < 4.78 is 20.4. The first-order chi connectivity index (χ1) is 26.3. The predicted molar refractivity (Wildman–Crippen MR) is 199 cm³/mol. The first kappa shape index (κ1) is 38.8. The Morgan fingerprint density at radius 1 is 0.855 bits per heavy atom. The van der Waals surface area contributed by atoms with Crippen LogP contribution in [-0.2, 0) is 14.3 Å². The standard InChI is InChI=1S/C38H47FN10O6/c1-20(2)30(46-37(52)55-6)35(50)48-13-7-9-28(48)33-42-18-26(44-33)23-16-40-32(41-17-23)22-11-12-24(25(39)15-22)27-19-43-34(45-27)29-10-8-14-49(29)36(51)31(21(3)4)47(5)38(53)54/h11-12,15-21,28-31H,7-10,13-14H2,1-6H3,(H,42,44)(H,43,45)(H,46,52)(H,53,54)/t28?,29-,30?,31-/m0/s1. The third kappa shape index (κ3) is 8.00. The summed E-state index contributed by atoms with van der Waals surface area (Å²) in [6, 6.07) is 2.42. The van der Waals surface area contributed by atoms with Gasteiger partial charge in [0, 0.05) is 49.2 Å². The van der Waals surface area contributed by atoms with Crippen molar-refractivity contribution >= 4 is 24.0 Å². The van der Waals surface area contributed by atoms with E-state index in [1.54, 1.807) is 40.5 Å². The highest BCUT2D eigenvalue weighted by molar-refractivity contribution is 5.87. The minimum atomic E-state index is -1.18. The van der Waals surface area contributed by atoms with Crippen molar-refractivity contribution in [1.29, 1.82) is 0 Å². The average molecular weight is 759 g/mol. The van der Waals surface area contributed by atoms with E-state index in [4.69, 9.17) is 4.74 Å². The molecule has 3 aromatic heterocycles. The molecule has 0 aliphatic carbocycles. The average Bonchev–Trinajstić information content (AvgIpc) is 4.00. The molecule has 4 N–H and O–H groups in total. The lowest BCUT2D eigenvalue weighted by Gasteiger charge is -2.33. The molecule has 5 heterocycles. The molecule has 0 radical (unpaired) electrons. The van der Waals surface area contributed by atoms with Crippen LogP contribution in [0.2, 0.25) is 0 Å². The van der Waals surface area contributed by atoms with Gasteiger partial charge in [-0.15, -0.1) is 0 Å². The number of carboxylic acid groups (broad SMARTS) is 1. The molecule has 17 heteroatoms. The van der Waals surface area contributed by atoms with Crippen LogP contribution in [0.5, 0.6) is 0 Å². The number of H-pyrrole nitrogens is 2. The molecule has 16 nitrogen and oxygen atoms in total. The number of imidazole rings is 2. The molecule has 2 aliphatic rings. The minimum absolute atomic E-state index is 0.148. The number of likely N-dealkylation sites (tertiary alicyclic amines) is 2. The van der Waals surface area contributed by atoms with Gasteiger partial charge in [-0.05, 0) is 49.7 Å². The Morgan fingerprint density at radius 2 is 1.44 bits per heavy atom. The van der Waals surface area contributed by atoms with Crippen LogP contribution in [0.15, 0.2) is 43.0 Å². The smallest absolute Gasteiger partial charge is 0.407 e. The lowest BCUT2D eigenvalue weighted by Crippen LogP contribution is -2.51. The summed E-state index contributed by atoms with van der Waals surface area (Å²) in [6.45, 7) is 8.36. The van der Waals surface area contributed by atoms with Gasteiger partial charge in [0.15, 0.2) is 5.82 Å². The van der Waals surface area contributed by atoms with Gasteiger partial charge < -0.3 is 34.9 Å². The van der Waals surface area contributed by atoms with Crippen molar-refractivity contribution in [2.75, 3.05) is 27.2 Å². The molecule has 2 aliphatic heterocycles. The number of amides is 4. The van der Waals surface area contributed by atoms with E-state index in [0.29, 0.717) is 65.9 Å². The number of methoxy groups -OCH3 is 1. The summed E-state index contributed by atoms with van der Waals surface area (Å²) in [4.78, 5) is 79.7. The Hall–Kier alpha value is -5.87. The zero-order valence-electron chi connectivity index (χ0n) is 31.7. The number of carbonyl (C=O) groups is 4. The van der Waals surface area contributed by atoms with Crippen LogP contribution in [0.3, 0.4) is 0 Å². The molecule has 2 fully saturated rings. The van der Waals surface area contributed by atoms with Crippen molar-refractivity contribution in [1.82, 2.24) is 49.9 Å². The first-order valence-electron chi connectivity index (χ1n) is 18.4. The van der Waals surface area contributed by atoms with Gasteiger partial charge in [-0.2, -0.15) is 0 Å². The molecule has 292 valence electrons. The van der Waals surface area contributed by atoms with Crippen molar-refractivity contribution in [2.24, 2.45) is 11.8 Å². The van der Waals surface area contributed by atoms with E-state index >= 15 is 4.39 Å². The highest BCUT2D eigenvalue weighted by Gasteiger charge is 2.40. The molecule has 1 aromatic carbocycles. The van der Waals surface area contributed by atoms with E-state index in [9.17, 15) is 24.3 Å². The van der Waals surface area contributed by atoms with Gasteiger partial charge in [0.25, 0.3) is 0 Å². The zero-order valence-corrected chi connectivity index (χ0v) is 31.7. The Morgan fingerprint density at radius 3 is 1.98 bits per heavy atom. The fourth-order valence-electron chi connectivity index (χ4n) is 7.48. The van der Waals surface area contributed by atoms with E-state index in [1.807, 2.05) is 27.7 Å². The lowest BCUT2D eigenvalue weighted by molar-refractivity contribution is -0.138. The summed E-state index contributed by atoms with van der Waals surface area (Å²) >= 11 is 0. The number of aromatic nitrogens is 6. The predicted octanol–water partition coefficient (Wildman–Crippen LogP) is 5.40. The number of carbonyl (C=O) groups excluding carboxylic acids is 3. The fraction of sp³-hybridized carbons (Fsp3) is 0.474. The fourth-order valence-corrected chi connectivity index (χ4v) is 7.48. The van der Waals surface area contributed by atoms with Gasteiger partial charge in [0.1, 0.15) is 29.5 Å². The van der Waals surface area contributed by atoms with E-state index in [0.717, 1.165) is 17.7 Å². The molecule has 4 atom stereocenters. The summed E-state index contributed by atoms with van der Waals surface area (Å²) in [6.07, 6.45) is 7.46. The number of rotatable bonds is 11. The van der Waals surface area contributed by atoms with Gasteiger partial charge in [0.05, 0.1) is 43.0 Å². The monoisotopic (exact) mass is 758 g/mol. The maximum absolute atomic E-state index is 15.6. The summed E-state index contributed by atoms with van der Waals surface area (Å²) in [5.41, 5.74) is 2.50. The topological polar surface area (TPSA) is 203 Å². The second-order valence-electron chi connectivity index (χ2n) is 14.7. The van der Waals surface area contributed by atoms with Crippen molar-refractivity contribution in [2.45, 2.75) is 77.5 Å². The summed E-state index contributed by atoms with van der Waals surface area (Å²) in [5, 5.41) is 12.2. The number of ether oxygens (including phenoxy) is 1. The van der Waals surface area contributed by atoms with Gasteiger partial charge >= 0.3 is 12.2 Å². The first-order valence-corrected chi connectivity index (χ1v) is 18.4. The van der Waals surface area contributed by atoms with Crippen LogP contribution in [0.1, 0.15) is 77.1 Å². The zero-order chi connectivity index (χ0) is 39.6. The maximum atomic E-state index is 15.6. The molecular formula is C38H47FN10O6. The van der Waals surface area contributed by atoms with Crippen molar-refractivity contribution in [3.05, 3.63) is 60.5 Å². The second-order valence-corrected chi connectivity index (χ2v) is 14.7. The molecule has 0 spiro atoms. The van der Waals surface area contributed by atoms with Crippen LogP contribution in [0.25, 0.3) is 33.9 Å². The maximum Gasteiger partial charge on any atom is 0.407 e. The lowest BCUT2D eigenvalue weighted by atomic mass is 10.0. The normalized spacial score (nSPS) is 18.1. The van der Waals surface area contributed by atoms with Gasteiger partial charge in [-0.1, -0.05) is 33.8 Å². The number of hydrogen-bond donors (Lipinski definition) is 4. The number of aromatic amines is 2. The molecule has 2 saturated heterocycles. The number of nitrogens with zero attached hydrogens (tertiary/aromatic N) is 7. The molecule has 0 saturated carbocycles. The number of likely N-dealkylation sites (N-methyl/N-ethyl adjacent to an activating group) is 1. The molecule has 6 rings (SSSR count). The van der Waals surface area contributed by atoms with Crippen LogP contribution in [0.4, 0.5) is 14.0 Å². The number of halogens is 1. The van der Waals surface area contributed by atoms with Crippen LogP contribution >= 0.6 is 0 Å². The van der Waals surface area contributed by atoms with Crippen molar-refractivity contribution in [3.8, 4) is 33.9 Å². The minimum Gasteiger partial charge on any atom is -0.465 e. The molecule has 4 aromatic rings. The highest BCUT2D eigenvalue weighted by Crippen LogP contribution is 2.35. The molecule has 4 amide bonds. The highest BCUT2D eigenvalue weighted by atomic mass is 19.1. The largest absolute Gasteiger partial charge is 0.465 e. The molecule has 0 bridgehead atoms. The molecule has 55 heavy (non-hydrogen) atoms. The van der Waals surface area contributed by atoms with Gasteiger partial charge in [-0.25, -0.2) is 33.9 Å². The Labute approximate surface area is 317 Å². The summed E-state index contributed by atoms with van der Waals surface area (Å²) in [7, 11) is 2.66. The van der Waals surface area contributed by atoms with E-state index in [1.165, 1.54) is 26.4 Å². The van der Waals surface area contributed by atoms with Crippen molar-refractivity contribution < 1.29 is 33.4 Å². The quantitative estimate of drug-likeness (QED) is 0.153. The van der Waals surface area contributed by atoms with E-state index < -0.39 is 36.1 Å². The van der Waals surface area contributed by atoms with E-state index in [-0.39, 0.29) is 35.3 Å². The van der Waals surface area contributed by atoms with Crippen LogP contribution < -0.4 is 5.32 Å². The number of alkyl carbamates (subject to hydrolysis) is 1.